The smallest absolute Gasteiger partial charge is 0.246 e. The molecule has 2 atom stereocenters. The summed E-state index contributed by atoms with van der Waals surface area (Å²) >= 11 is 5.83. The maximum absolute atomic E-state index is 12.2. The summed E-state index contributed by atoms with van der Waals surface area (Å²) in [7, 11) is 0. The van der Waals surface area contributed by atoms with Crippen molar-refractivity contribution in [1.82, 2.24) is 4.90 Å². The molecule has 1 aliphatic heterocycles. The molecular formula is C16H21ClN2O. The molecule has 20 heavy (non-hydrogen) atoms. The summed E-state index contributed by atoms with van der Waals surface area (Å²) in [5.74, 6) is 1.08. The highest BCUT2D eigenvalue weighted by atomic mass is 35.5. The number of hydrogen-bond acceptors (Lipinski definition) is 2. The Morgan fingerprint density at radius 2 is 2.15 bits per heavy atom. The lowest BCUT2D eigenvalue weighted by atomic mass is 9.87. The molecule has 0 bridgehead atoms. The van der Waals surface area contributed by atoms with Gasteiger partial charge in [-0.15, -0.1) is 0 Å². The molecule has 1 aliphatic rings. The largest absolute Gasteiger partial charge is 0.339 e. The summed E-state index contributed by atoms with van der Waals surface area (Å²) < 4.78 is 0. The van der Waals surface area contributed by atoms with Crippen molar-refractivity contribution < 1.29 is 4.79 Å². The topological polar surface area (TPSA) is 46.3 Å². The second-order valence-electron chi connectivity index (χ2n) is 5.43. The number of nitrogens with two attached hydrogens (primary N) is 1. The van der Waals surface area contributed by atoms with Gasteiger partial charge in [-0.1, -0.05) is 30.7 Å². The van der Waals surface area contributed by atoms with E-state index >= 15 is 0 Å². The van der Waals surface area contributed by atoms with E-state index in [1.165, 1.54) is 0 Å². The van der Waals surface area contributed by atoms with Gasteiger partial charge in [0.15, 0.2) is 0 Å². The van der Waals surface area contributed by atoms with Crippen LogP contribution in [0.25, 0.3) is 6.08 Å². The van der Waals surface area contributed by atoms with Gasteiger partial charge in [0.05, 0.1) is 0 Å². The highest BCUT2D eigenvalue weighted by Crippen LogP contribution is 2.22. The Morgan fingerprint density at radius 3 is 2.80 bits per heavy atom. The number of carbonyl (C=O) groups excluding carboxylic acids is 1. The van der Waals surface area contributed by atoms with E-state index in [1.54, 1.807) is 6.08 Å². The van der Waals surface area contributed by atoms with Gasteiger partial charge in [-0.2, -0.15) is 0 Å². The number of carbonyl (C=O) groups is 1. The van der Waals surface area contributed by atoms with Crippen molar-refractivity contribution in [3.8, 4) is 0 Å². The zero-order valence-electron chi connectivity index (χ0n) is 11.8. The summed E-state index contributed by atoms with van der Waals surface area (Å²) in [6.45, 7) is 4.44. The molecule has 0 aromatic heterocycles. The van der Waals surface area contributed by atoms with Gasteiger partial charge in [0.1, 0.15) is 0 Å². The van der Waals surface area contributed by atoms with E-state index in [1.807, 2.05) is 35.2 Å². The first kappa shape index (κ1) is 15.1. The van der Waals surface area contributed by atoms with Crippen molar-refractivity contribution in [2.75, 3.05) is 19.6 Å². The number of halogens is 1. The third-order valence-electron chi connectivity index (χ3n) is 4.02. The monoisotopic (exact) mass is 292 g/mol. The zero-order chi connectivity index (χ0) is 14.5. The van der Waals surface area contributed by atoms with Gasteiger partial charge in [0.2, 0.25) is 5.91 Å². The molecule has 1 amide bonds. The molecule has 2 rings (SSSR count). The molecule has 108 valence electrons. The van der Waals surface area contributed by atoms with Crippen molar-refractivity contribution in [3.63, 3.8) is 0 Å². The number of hydrogen-bond donors (Lipinski definition) is 1. The number of amides is 1. The van der Waals surface area contributed by atoms with Gasteiger partial charge in [-0.05, 0) is 48.6 Å². The molecule has 1 heterocycles. The van der Waals surface area contributed by atoms with E-state index in [4.69, 9.17) is 17.3 Å². The van der Waals surface area contributed by atoms with Crippen LogP contribution in [0.4, 0.5) is 0 Å². The van der Waals surface area contributed by atoms with Gasteiger partial charge in [0, 0.05) is 24.2 Å². The molecule has 1 aromatic rings. The van der Waals surface area contributed by atoms with E-state index < -0.39 is 0 Å². The Kier molecular flexibility index (Phi) is 5.21. The molecule has 3 nitrogen and oxygen atoms in total. The first-order valence-electron chi connectivity index (χ1n) is 7.02. The summed E-state index contributed by atoms with van der Waals surface area (Å²) in [6.07, 6.45) is 4.49. The summed E-state index contributed by atoms with van der Waals surface area (Å²) in [4.78, 5) is 14.1. The number of piperidine rings is 1. The lowest BCUT2D eigenvalue weighted by molar-refractivity contribution is -0.128. The summed E-state index contributed by atoms with van der Waals surface area (Å²) in [6, 6.07) is 7.43. The van der Waals surface area contributed by atoms with Crippen LogP contribution in [0.3, 0.4) is 0 Å². The molecule has 2 N–H and O–H groups in total. The molecular weight excluding hydrogens is 272 g/mol. The maximum Gasteiger partial charge on any atom is 0.246 e. The van der Waals surface area contributed by atoms with E-state index in [-0.39, 0.29) is 5.91 Å². The lowest BCUT2D eigenvalue weighted by Crippen LogP contribution is -2.44. The van der Waals surface area contributed by atoms with Gasteiger partial charge in [0.25, 0.3) is 0 Å². The van der Waals surface area contributed by atoms with Crippen molar-refractivity contribution in [1.29, 1.82) is 0 Å². The van der Waals surface area contributed by atoms with Crippen LogP contribution < -0.4 is 5.73 Å². The number of likely N-dealkylation sites (tertiary alicyclic amines) is 1. The highest BCUT2D eigenvalue weighted by Gasteiger charge is 2.26. The SMILES string of the molecule is CC1CCN(C(=O)/C=C/c2ccc(Cl)cc2)CC1CN. The second kappa shape index (κ2) is 6.91. The third kappa shape index (κ3) is 3.84. The van der Waals surface area contributed by atoms with Crippen LogP contribution in [0.2, 0.25) is 5.02 Å². The van der Waals surface area contributed by atoms with Crippen LogP contribution in [-0.4, -0.2) is 30.4 Å². The molecule has 0 aliphatic carbocycles. The van der Waals surface area contributed by atoms with Crippen LogP contribution in [0.1, 0.15) is 18.9 Å². The molecule has 1 aromatic carbocycles. The zero-order valence-corrected chi connectivity index (χ0v) is 12.5. The highest BCUT2D eigenvalue weighted by molar-refractivity contribution is 6.30. The van der Waals surface area contributed by atoms with Crippen LogP contribution in [-0.2, 0) is 4.79 Å². The van der Waals surface area contributed by atoms with E-state index in [2.05, 4.69) is 6.92 Å². The van der Waals surface area contributed by atoms with Gasteiger partial charge < -0.3 is 10.6 Å². The fourth-order valence-electron chi connectivity index (χ4n) is 2.50. The van der Waals surface area contributed by atoms with Crippen LogP contribution >= 0.6 is 11.6 Å². The fourth-order valence-corrected chi connectivity index (χ4v) is 2.63. The molecule has 2 unspecified atom stereocenters. The lowest BCUT2D eigenvalue weighted by Gasteiger charge is -2.36. The minimum absolute atomic E-state index is 0.0605. The van der Waals surface area contributed by atoms with Gasteiger partial charge in [-0.25, -0.2) is 0 Å². The van der Waals surface area contributed by atoms with Crippen molar-refractivity contribution in [2.24, 2.45) is 17.6 Å². The third-order valence-corrected chi connectivity index (χ3v) is 4.27. The first-order valence-corrected chi connectivity index (χ1v) is 7.40. The summed E-state index contributed by atoms with van der Waals surface area (Å²) in [5.41, 5.74) is 6.74. The van der Waals surface area contributed by atoms with Crippen molar-refractivity contribution in [3.05, 3.63) is 40.9 Å². The minimum atomic E-state index is 0.0605. The molecule has 0 spiro atoms. The molecule has 0 radical (unpaired) electrons. The Balaban J connectivity index is 1.96. The van der Waals surface area contributed by atoms with Crippen LogP contribution in [0, 0.1) is 11.8 Å². The Morgan fingerprint density at radius 1 is 1.45 bits per heavy atom. The number of rotatable bonds is 3. The van der Waals surface area contributed by atoms with Crippen LogP contribution in [0.5, 0.6) is 0 Å². The minimum Gasteiger partial charge on any atom is -0.339 e. The average molecular weight is 293 g/mol. The van der Waals surface area contributed by atoms with Crippen molar-refractivity contribution in [2.45, 2.75) is 13.3 Å². The van der Waals surface area contributed by atoms with Crippen molar-refractivity contribution >= 4 is 23.6 Å². The quantitative estimate of drug-likeness (QED) is 0.871. The Labute approximate surface area is 125 Å². The number of nitrogens with zero attached hydrogens (tertiary/aromatic N) is 1. The van der Waals surface area contributed by atoms with Gasteiger partial charge in [-0.3, -0.25) is 4.79 Å². The molecule has 1 fully saturated rings. The average Bonchev–Trinajstić information content (AvgIpc) is 2.47. The molecule has 0 saturated carbocycles. The van der Waals surface area contributed by atoms with Crippen LogP contribution in [0.15, 0.2) is 30.3 Å². The summed E-state index contributed by atoms with van der Waals surface area (Å²) in [5, 5.41) is 0.698. The van der Waals surface area contributed by atoms with E-state index in [9.17, 15) is 4.79 Å². The molecule has 4 heteroatoms. The Bertz CT molecular complexity index is 484. The Hall–Kier alpha value is -1.32. The second-order valence-corrected chi connectivity index (χ2v) is 5.87. The predicted molar refractivity (Wildman–Crippen MR) is 83.4 cm³/mol. The molecule has 1 saturated heterocycles. The fraction of sp³-hybridized carbons (Fsp3) is 0.438. The van der Waals surface area contributed by atoms with Gasteiger partial charge >= 0.3 is 0 Å². The standard InChI is InChI=1S/C16H21ClN2O/c1-12-8-9-19(11-14(12)10-18)16(20)7-4-13-2-5-15(17)6-3-13/h2-7,12,14H,8-11,18H2,1H3/b7-4+. The van der Waals surface area contributed by atoms with E-state index in [0.717, 1.165) is 25.1 Å². The number of benzene rings is 1. The first-order chi connectivity index (χ1) is 9.60. The van der Waals surface area contributed by atoms with E-state index in [0.29, 0.717) is 23.4 Å². The maximum atomic E-state index is 12.2. The normalized spacial score (nSPS) is 23.2. The predicted octanol–water partition coefficient (Wildman–Crippen LogP) is 2.80.